The number of halogens is 2. The summed E-state index contributed by atoms with van der Waals surface area (Å²) in [7, 11) is 0. The molecule has 1 aromatic carbocycles. The second kappa shape index (κ2) is 12.2. The maximum absolute atomic E-state index is 13.0. The quantitative estimate of drug-likeness (QED) is 0.418. The zero-order valence-corrected chi connectivity index (χ0v) is 21.0. The van der Waals surface area contributed by atoms with Crippen LogP contribution >= 0.6 is 0 Å². The summed E-state index contributed by atoms with van der Waals surface area (Å²) in [6.07, 6.45) is 0.334. The normalized spacial score (nSPS) is 11.2. The second-order valence-electron chi connectivity index (χ2n) is 9.31. The van der Waals surface area contributed by atoms with E-state index in [1.54, 1.807) is 51.1 Å². The van der Waals surface area contributed by atoms with Gasteiger partial charge in [0.05, 0.1) is 17.9 Å². The van der Waals surface area contributed by atoms with Gasteiger partial charge in [-0.1, -0.05) is 24.3 Å². The molecule has 2 aromatic heterocycles. The van der Waals surface area contributed by atoms with E-state index in [1.807, 2.05) is 0 Å². The highest BCUT2D eigenvalue weighted by Gasteiger charge is 2.25. The van der Waals surface area contributed by atoms with Gasteiger partial charge in [-0.3, -0.25) is 9.69 Å². The number of pyridine rings is 1. The number of hydrogen-bond acceptors (Lipinski definition) is 7. The second-order valence-corrected chi connectivity index (χ2v) is 9.31. The van der Waals surface area contributed by atoms with Crippen LogP contribution in [0.3, 0.4) is 0 Å². The molecule has 0 aliphatic rings. The molecule has 0 saturated carbocycles. The third-order valence-corrected chi connectivity index (χ3v) is 5.00. The van der Waals surface area contributed by atoms with Crippen LogP contribution in [0.5, 0.6) is 0 Å². The lowest BCUT2D eigenvalue weighted by atomic mass is 10.0. The van der Waals surface area contributed by atoms with Crippen LogP contribution in [0.25, 0.3) is 11.1 Å². The number of carboxylic acid groups (broad SMARTS) is 1. The number of aromatic carboxylic acids is 1. The van der Waals surface area contributed by atoms with E-state index in [9.17, 15) is 28.3 Å². The predicted octanol–water partition coefficient (Wildman–Crippen LogP) is 4.42. The minimum absolute atomic E-state index is 0.0636. The largest absolute Gasteiger partial charge is 0.476 e. The van der Waals surface area contributed by atoms with Gasteiger partial charge in [-0.15, -0.1) is 0 Å². The van der Waals surface area contributed by atoms with Gasteiger partial charge in [-0.05, 0) is 44.0 Å². The molecular weight excluding hydrogens is 500 g/mol. The zero-order chi connectivity index (χ0) is 27.9. The number of aromatic nitrogens is 3. The van der Waals surface area contributed by atoms with Crippen LogP contribution in [-0.2, 0) is 22.5 Å². The van der Waals surface area contributed by atoms with Crippen molar-refractivity contribution in [1.29, 1.82) is 0 Å². The van der Waals surface area contributed by atoms with E-state index in [0.29, 0.717) is 22.4 Å². The van der Waals surface area contributed by atoms with Crippen molar-refractivity contribution in [2.75, 3.05) is 11.9 Å². The molecule has 2 amide bonds. The van der Waals surface area contributed by atoms with Crippen molar-refractivity contribution in [3.05, 3.63) is 72.1 Å². The number of nitrogens with zero attached hydrogens (tertiary/aromatic N) is 4. The highest BCUT2D eigenvalue weighted by atomic mass is 19.3. The van der Waals surface area contributed by atoms with Gasteiger partial charge in [0.2, 0.25) is 12.3 Å². The van der Waals surface area contributed by atoms with Gasteiger partial charge < -0.3 is 15.2 Å². The number of carboxylic acids is 1. The third-order valence-electron chi connectivity index (χ3n) is 5.00. The summed E-state index contributed by atoms with van der Waals surface area (Å²) in [5.41, 5.74) is 0.398. The SMILES string of the molecule is CC(C)(C)OC(=O)N(CC(=O)Nc1cc(-c2cccc(CC(F)F)c2)cnc1C(=O)O)Cc1ccncn1. The molecule has 200 valence electrons. The Labute approximate surface area is 217 Å². The minimum atomic E-state index is -2.53. The number of benzene rings is 1. The maximum Gasteiger partial charge on any atom is 0.411 e. The molecule has 0 radical (unpaired) electrons. The number of carbonyl (C=O) groups excluding carboxylic acids is 2. The topological polar surface area (TPSA) is 135 Å². The fourth-order valence-electron chi connectivity index (χ4n) is 3.43. The van der Waals surface area contributed by atoms with Crippen LogP contribution in [0.4, 0.5) is 19.3 Å². The average Bonchev–Trinajstić information content (AvgIpc) is 2.83. The molecule has 3 aromatic rings. The first-order valence-corrected chi connectivity index (χ1v) is 11.5. The number of rotatable bonds is 9. The van der Waals surface area contributed by atoms with Gasteiger partial charge in [-0.25, -0.2) is 33.3 Å². The molecule has 12 heteroatoms. The molecule has 0 unspecified atom stereocenters. The first-order chi connectivity index (χ1) is 17.9. The first-order valence-electron chi connectivity index (χ1n) is 11.5. The van der Waals surface area contributed by atoms with Gasteiger partial charge in [0.25, 0.3) is 0 Å². The molecule has 10 nitrogen and oxygen atoms in total. The van der Waals surface area contributed by atoms with E-state index >= 15 is 0 Å². The van der Waals surface area contributed by atoms with Crippen LogP contribution in [0.2, 0.25) is 0 Å². The Kier molecular flexibility index (Phi) is 9.00. The Hall–Kier alpha value is -4.48. The molecule has 3 rings (SSSR count). The Morgan fingerprint density at radius 3 is 2.50 bits per heavy atom. The van der Waals surface area contributed by atoms with E-state index in [2.05, 4.69) is 20.3 Å². The number of nitrogens with one attached hydrogen (secondary N) is 1. The van der Waals surface area contributed by atoms with Crippen LogP contribution in [-0.4, -0.2) is 61.5 Å². The summed E-state index contributed by atoms with van der Waals surface area (Å²) in [4.78, 5) is 50.5. The van der Waals surface area contributed by atoms with Gasteiger partial charge in [0.15, 0.2) is 5.69 Å². The van der Waals surface area contributed by atoms with Gasteiger partial charge in [0.1, 0.15) is 18.5 Å². The van der Waals surface area contributed by atoms with E-state index in [4.69, 9.17) is 4.74 Å². The Bertz CT molecular complexity index is 1300. The van der Waals surface area contributed by atoms with Crippen LogP contribution < -0.4 is 5.32 Å². The summed E-state index contributed by atoms with van der Waals surface area (Å²) in [5, 5.41) is 12.1. The molecule has 0 spiro atoms. The predicted molar refractivity (Wildman–Crippen MR) is 134 cm³/mol. The molecule has 38 heavy (non-hydrogen) atoms. The van der Waals surface area contributed by atoms with Gasteiger partial charge >= 0.3 is 12.1 Å². The van der Waals surface area contributed by atoms with Gasteiger partial charge in [0, 0.05) is 24.4 Å². The minimum Gasteiger partial charge on any atom is -0.476 e. The number of hydrogen-bond donors (Lipinski definition) is 2. The summed E-state index contributed by atoms with van der Waals surface area (Å²) >= 11 is 0. The Morgan fingerprint density at radius 2 is 1.87 bits per heavy atom. The molecular formula is C26H27F2N5O5. The standard InChI is InChI=1S/C26H27F2N5O5/c1-26(2,3)38-25(37)33(13-19-7-8-29-15-31-19)14-22(34)32-20-11-18(12-30-23(20)24(35)36)17-6-4-5-16(9-17)10-21(27)28/h4-9,11-12,15,21H,10,13-14H2,1-3H3,(H,32,34)(H,35,36). The molecule has 2 N–H and O–H groups in total. The molecule has 0 fully saturated rings. The lowest BCUT2D eigenvalue weighted by Crippen LogP contribution is -2.41. The summed E-state index contributed by atoms with van der Waals surface area (Å²) < 4.78 is 31.1. The van der Waals surface area contributed by atoms with E-state index in [-0.39, 0.29) is 12.2 Å². The van der Waals surface area contributed by atoms with Crippen molar-refractivity contribution in [3.8, 4) is 11.1 Å². The highest BCUT2D eigenvalue weighted by Crippen LogP contribution is 2.26. The Morgan fingerprint density at radius 1 is 1.11 bits per heavy atom. The van der Waals surface area contributed by atoms with Crippen LogP contribution in [0.15, 0.2) is 55.1 Å². The molecule has 0 aliphatic heterocycles. The fraction of sp³-hybridized carbons (Fsp3) is 0.308. The van der Waals surface area contributed by atoms with Crippen molar-refractivity contribution in [1.82, 2.24) is 19.9 Å². The van der Waals surface area contributed by atoms with Crippen molar-refractivity contribution in [2.45, 2.75) is 45.8 Å². The lowest BCUT2D eigenvalue weighted by molar-refractivity contribution is -0.117. The first kappa shape index (κ1) is 28.1. The molecule has 0 aliphatic carbocycles. The maximum atomic E-state index is 13.0. The van der Waals surface area contributed by atoms with Gasteiger partial charge in [-0.2, -0.15) is 0 Å². The van der Waals surface area contributed by atoms with Crippen molar-refractivity contribution < 1.29 is 33.0 Å². The van der Waals surface area contributed by atoms with Crippen molar-refractivity contribution >= 4 is 23.7 Å². The molecule has 2 heterocycles. The fourth-order valence-corrected chi connectivity index (χ4v) is 3.43. The van der Waals surface area contributed by atoms with Crippen LogP contribution in [0.1, 0.15) is 42.5 Å². The van der Waals surface area contributed by atoms with E-state index in [1.165, 1.54) is 24.8 Å². The molecule has 0 atom stereocenters. The summed E-state index contributed by atoms with van der Waals surface area (Å²) in [5.74, 6) is -2.10. The number of amides is 2. The van der Waals surface area contributed by atoms with E-state index < -0.39 is 48.7 Å². The summed E-state index contributed by atoms with van der Waals surface area (Å²) in [6.45, 7) is 4.50. The number of alkyl halides is 2. The average molecular weight is 528 g/mol. The zero-order valence-electron chi connectivity index (χ0n) is 21.0. The van der Waals surface area contributed by atoms with Crippen LogP contribution in [0, 0.1) is 0 Å². The molecule has 0 bridgehead atoms. The Balaban J connectivity index is 1.86. The number of ether oxygens (including phenoxy) is 1. The number of carbonyl (C=O) groups is 3. The number of anilines is 1. The monoisotopic (exact) mass is 527 g/mol. The van der Waals surface area contributed by atoms with Crippen molar-refractivity contribution in [3.63, 3.8) is 0 Å². The smallest absolute Gasteiger partial charge is 0.411 e. The lowest BCUT2D eigenvalue weighted by Gasteiger charge is -2.27. The van der Waals surface area contributed by atoms with Crippen molar-refractivity contribution in [2.24, 2.45) is 0 Å². The highest BCUT2D eigenvalue weighted by molar-refractivity contribution is 6.01. The third kappa shape index (κ3) is 8.29. The van der Waals surface area contributed by atoms with E-state index in [0.717, 1.165) is 4.90 Å². The summed E-state index contributed by atoms with van der Waals surface area (Å²) in [6, 6.07) is 9.32. The molecule has 0 saturated heterocycles.